The van der Waals surface area contributed by atoms with Crippen molar-refractivity contribution in [3.63, 3.8) is 0 Å². The average molecular weight is 125 g/mol. The molecule has 0 rings (SSSR count). The Morgan fingerprint density at radius 3 is 1.50 bits per heavy atom. The third-order valence-electron chi connectivity index (χ3n) is 0.250. The van der Waals surface area contributed by atoms with Gasteiger partial charge in [-0.2, -0.15) is 13.0 Å². The molecule has 0 aliphatic rings. The van der Waals surface area contributed by atoms with Crippen molar-refractivity contribution in [2.75, 3.05) is 6.54 Å². The van der Waals surface area contributed by atoms with Crippen molar-refractivity contribution in [2.24, 2.45) is 0 Å². The topological polar surface area (TPSA) is 23.8 Å². The Hall–Kier alpha value is 0.726. The Morgan fingerprint density at radius 2 is 1.50 bits per heavy atom. The zero-order valence-electron chi connectivity index (χ0n) is 6.04. The molecule has 0 amide bonds. The van der Waals surface area contributed by atoms with E-state index >= 15 is 0 Å². The molecule has 0 spiro atoms. The molecule has 0 aromatic rings. The molecule has 0 atom stereocenters. The molecule has 0 saturated carbocycles. The van der Waals surface area contributed by atoms with Crippen LogP contribution in [0.25, 0.3) is 5.73 Å². The monoisotopic (exact) mass is 125 g/mol. The molecule has 0 fully saturated rings. The van der Waals surface area contributed by atoms with Gasteiger partial charge in [-0.25, -0.2) is 0 Å². The molecule has 0 bridgehead atoms. The summed E-state index contributed by atoms with van der Waals surface area (Å²) in [7, 11) is 0. The van der Waals surface area contributed by atoms with Crippen LogP contribution in [0.4, 0.5) is 0 Å². The molecule has 8 heavy (non-hydrogen) atoms. The first-order chi connectivity index (χ1) is 3.33. The second kappa shape index (κ2) is 25.2. The van der Waals surface area contributed by atoms with Gasteiger partial charge in [0.15, 0.2) is 0 Å². The quantitative estimate of drug-likeness (QED) is 0.379. The van der Waals surface area contributed by atoms with E-state index in [1.807, 2.05) is 13.8 Å². The summed E-state index contributed by atoms with van der Waals surface area (Å²) in [5.41, 5.74) is 6.45. The minimum absolute atomic E-state index is 0. The van der Waals surface area contributed by atoms with Crippen LogP contribution >= 0.6 is 0 Å². The minimum Gasteiger partial charge on any atom is -0.677 e. The number of rotatable bonds is 1. The van der Waals surface area contributed by atoms with Crippen LogP contribution < -0.4 is 0 Å². The van der Waals surface area contributed by atoms with Crippen molar-refractivity contribution in [1.82, 2.24) is 0 Å². The van der Waals surface area contributed by atoms with E-state index in [4.69, 9.17) is 5.73 Å². The van der Waals surface area contributed by atoms with Crippen LogP contribution in [0.3, 0.4) is 0 Å². The maximum absolute atomic E-state index is 6.45. The van der Waals surface area contributed by atoms with Gasteiger partial charge < -0.3 is 12.7 Å². The Labute approximate surface area is 69.2 Å². The first-order valence-electron chi connectivity index (χ1n) is 2.77. The summed E-state index contributed by atoms with van der Waals surface area (Å²) >= 11 is 0. The van der Waals surface area contributed by atoms with Gasteiger partial charge >= 0.3 is 23.1 Å². The molecule has 1 N–H and O–H groups in total. The summed E-state index contributed by atoms with van der Waals surface area (Å²) in [6.45, 7) is 8.06. The Bertz CT molecular complexity index is 16.0. The average Bonchev–Trinajstić information content (AvgIpc) is 1.69. The van der Waals surface area contributed by atoms with Crippen LogP contribution in [-0.4, -0.2) is 29.6 Å². The van der Waals surface area contributed by atoms with E-state index < -0.39 is 0 Å². The molecule has 1 nitrogen and oxygen atoms in total. The number of hydrogen-bond donors (Lipinski definition) is 0. The van der Waals surface area contributed by atoms with E-state index in [0.29, 0.717) is 6.54 Å². The normalized spacial score (nSPS) is 6.00. The van der Waals surface area contributed by atoms with Crippen LogP contribution in [0.1, 0.15) is 26.7 Å². The number of hydrogen-bond acceptors (Lipinski definition) is 0. The predicted molar refractivity (Wildman–Crippen MR) is 40.9 cm³/mol. The largest absolute Gasteiger partial charge is 2.00 e. The summed E-state index contributed by atoms with van der Waals surface area (Å²) in [4.78, 5) is 0. The Kier molecular flexibility index (Phi) is 50.0. The van der Waals surface area contributed by atoms with Gasteiger partial charge in [-0.05, 0) is 0 Å². The zero-order chi connectivity index (χ0) is 6.12. The van der Waals surface area contributed by atoms with Crippen molar-refractivity contribution in [3.05, 3.63) is 12.7 Å². The molecule has 0 aliphatic heterocycles. The molecule has 0 aromatic carbocycles. The molecule has 0 radical (unpaired) electrons. The van der Waals surface area contributed by atoms with Crippen LogP contribution in [0, 0.1) is 6.92 Å². The van der Waals surface area contributed by atoms with Gasteiger partial charge in [-0.3, -0.25) is 0 Å². The maximum Gasteiger partial charge on any atom is 2.00 e. The summed E-state index contributed by atoms with van der Waals surface area (Å²) in [6, 6.07) is 0. The van der Waals surface area contributed by atoms with E-state index in [1.165, 1.54) is 0 Å². The molecule has 0 saturated heterocycles. The standard InChI is InChI=1S/C3H8N.C3H7.Mg/c1-2-3-4;1-3-2;/h4H,2-3H2,1H3;1,3H2,2H3;/q2*-1;+2. The maximum atomic E-state index is 6.45. The van der Waals surface area contributed by atoms with Crippen molar-refractivity contribution in [2.45, 2.75) is 26.7 Å². The summed E-state index contributed by atoms with van der Waals surface area (Å²) in [5, 5.41) is 0. The second-order valence-electron chi connectivity index (χ2n) is 1.25. The molecular weight excluding hydrogens is 110 g/mol. The van der Waals surface area contributed by atoms with Crippen LogP contribution in [0.15, 0.2) is 0 Å². The zero-order valence-corrected chi connectivity index (χ0v) is 7.45. The Balaban J connectivity index is -0.0000000575. The number of nitrogens with one attached hydrogen (secondary N) is 1. The third-order valence-corrected chi connectivity index (χ3v) is 0.250. The van der Waals surface area contributed by atoms with E-state index in [1.54, 1.807) is 0 Å². The first-order valence-corrected chi connectivity index (χ1v) is 2.77. The second-order valence-corrected chi connectivity index (χ2v) is 1.25. The first kappa shape index (κ1) is 15.9. The van der Waals surface area contributed by atoms with Crippen LogP contribution in [0.5, 0.6) is 0 Å². The fourth-order valence-electron chi connectivity index (χ4n) is 0. The minimum atomic E-state index is 0. The van der Waals surface area contributed by atoms with Gasteiger partial charge in [-0.15, -0.1) is 0 Å². The fourth-order valence-corrected chi connectivity index (χ4v) is 0. The Morgan fingerprint density at radius 1 is 1.38 bits per heavy atom. The van der Waals surface area contributed by atoms with Gasteiger partial charge in [0.05, 0.1) is 0 Å². The molecule has 46 valence electrons. The van der Waals surface area contributed by atoms with Crippen LogP contribution in [-0.2, 0) is 0 Å². The van der Waals surface area contributed by atoms with Gasteiger partial charge in [-0.1, -0.05) is 20.3 Å². The van der Waals surface area contributed by atoms with Crippen molar-refractivity contribution < 1.29 is 0 Å². The van der Waals surface area contributed by atoms with Gasteiger partial charge in [0.1, 0.15) is 0 Å². The van der Waals surface area contributed by atoms with Crippen molar-refractivity contribution in [1.29, 1.82) is 0 Å². The molecule has 2 heteroatoms. The van der Waals surface area contributed by atoms with Gasteiger partial charge in [0.2, 0.25) is 0 Å². The SMILES string of the molecule is CCC[NH-].[CH2-]CC.[Mg+2]. The van der Waals surface area contributed by atoms with E-state index in [-0.39, 0.29) is 23.1 Å². The van der Waals surface area contributed by atoms with E-state index in [0.717, 1.165) is 12.8 Å². The smallest absolute Gasteiger partial charge is 0.677 e. The molecule has 0 unspecified atom stereocenters. The molecule has 0 heterocycles. The molecule has 0 aromatic heterocycles. The van der Waals surface area contributed by atoms with E-state index in [9.17, 15) is 0 Å². The predicted octanol–water partition coefficient (Wildman–Crippen LogP) is 2.30. The summed E-state index contributed by atoms with van der Waals surface area (Å²) in [6.07, 6.45) is 1.99. The van der Waals surface area contributed by atoms with Gasteiger partial charge in [0, 0.05) is 0 Å². The van der Waals surface area contributed by atoms with Crippen LogP contribution in [0.2, 0.25) is 0 Å². The molecular formula is C6H15MgN. The summed E-state index contributed by atoms with van der Waals surface area (Å²) in [5.74, 6) is 0. The van der Waals surface area contributed by atoms with Gasteiger partial charge in [0.25, 0.3) is 0 Å². The van der Waals surface area contributed by atoms with Crippen molar-refractivity contribution >= 4 is 23.1 Å². The van der Waals surface area contributed by atoms with Crippen molar-refractivity contribution in [3.8, 4) is 0 Å². The fraction of sp³-hybridized carbons (Fsp3) is 0.833. The third kappa shape index (κ3) is 74.0. The van der Waals surface area contributed by atoms with E-state index in [2.05, 4.69) is 6.92 Å². The molecule has 0 aliphatic carbocycles. The summed E-state index contributed by atoms with van der Waals surface area (Å²) < 4.78 is 0.